The molecule has 0 aliphatic heterocycles. The van der Waals surface area contributed by atoms with Gasteiger partial charge in [-0.15, -0.1) is 0 Å². The monoisotopic (exact) mass is 386 g/mol. The standard InChI is InChI=1S/C22H24F2N2O2/c1-4-26(15-17-7-5-16(6-8-17)13-14-25)20(27)18-9-11-19(12-10-18)21(2,28)22(3,23)24/h5-12,28H,4,13,15H2,1-3H3. The van der Waals surface area contributed by atoms with Gasteiger partial charge in [0.15, 0.2) is 0 Å². The lowest BCUT2D eigenvalue weighted by atomic mass is 9.89. The van der Waals surface area contributed by atoms with Crippen LogP contribution >= 0.6 is 0 Å². The van der Waals surface area contributed by atoms with Crippen molar-refractivity contribution in [2.45, 2.75) is 45.3 Å². The van der Waals surface area contributed by atoms with E-state index >= 15 is 0 Å². The molecule has 0 bridgehead atoms. The van der Waals surface area contributed by atoms with Crippen molar-refractivity contribution >= 4 is 5.91 Å². The van der Waals surface area contributed by atoms with Crippen molar-refractivity contribution in [2.75, 3.05) is 6.54 Å². The minimum Gasteiger partial charge on any atom is -0.379 e. The maximum Gasteiger partial charge on any atom is 0.277 e. The molecule has 6 heteroatoms. The number of halogens is 2. The summed E-state index contributed by atoms with van der Waals surface area (Å²) in [5.41, 5.74) is -0.0582. The summed E-state index contributed by atoms with van der Waals surface area (Å²) >= 11 is 0. The van der Waals surface area contributed by atoms with Gasteiger partial charge in [-0.3, -0.25) is 4.79 Å². The first-order valence-corrected chi connectivity index (χ1v) is 9.05. The number of alkyl halides is 2. The van der Waals surface area contributed by atoms with E-state index in [0.29, 0.717) is 32.0 Å². The second kappa shape index (κ2) is 8.49. The highest BCUT2D eigenvalue weighted by Crippen LogP contribution is 2.36. The predicted molar refractivity (Wildman–Crippen MR) is 103 cm³/mol. The highest BCUT2D eigenvalue weighted by Gasteiger charge is 2.45. The number of benzene rings is 2. The fraction of sp³-hybridized carbons (Fsp3) is 0.364. The summed E-state index contributed by atoms with van der Waals surface area (Å²) in [7, 11) is 0. The van der Waals surface area contributed by atoms with Crippen LogP contribution in [0.2, 0.25) is 0 Å². The van der Waals surface area contributed by atoms with Gasteiger partial charge >= 0.3 is 0 Å². The summed E-state index contributed by atoms with van der Waals surface area (Å²) < 4.78 is 27.2. The number of carbonyl (C=O) groups excluding carboxylic acids is 1. The quantitative estimate of drug-likeness (QED) is 0.773. The van der Waals surface area contributed by atoms with E-state index < -0.39 is 11.5 Å². The van der Waals surface area contributed by atoms with Crippen molar-refractivity contribution in [3.63, 3.8) is 0 Å². The van der Waals surface area contributed by atoms with E-state index in [4.69, 9.17) is 5.26 Å². The van der Waals surface area contributed by atoms with Crippen LogP contribution in [0.5, 0.6) is 0 Å². The molecule has 2 rings (SSSR count). The number of amides is 1. The van der Waals surface area contributed by atoms with Gasteiger partial charge in [0, 0.05) is 25.6 Å². The van der Waals surface area contributed by atoms with Crippen LogP contribution in [0.15, 0.2) is 48.5 Å². The van der Waals surface area contributed by atoms with Crippen LogP contribution in [-0.4, -0.2) is 28.4 Å². The Morgan fingerprint density at radius 1 is 1.07 bits per heavy atom. The fourth-order valence-electron chi connectivity index (χ4n) is 2.77. The highest BCUT2D eigenvalue weighted by molar-refractivity contribution is 5.94. The van der Waals surface area contributed by atoms with Gasteiger partial charge in [0.2, 0.25) is 0 Å². The lowest BCUT2D eigenvalue weighted by Crippen LogP contribution is -2.40. The number of rotatable bonds is 7. The van der Waals surface area contributed by atoms with E-state index in [9.17, 15) is 18.7 Å². The molecule has 0 aliphatic carbocycles. The zero-order valence-electron chi connectivity index (χ0n) is 16.2. The maximum atomic E-state index is 13.6. The third-order valence-corrected chi connectivity index (χ3v) is 4.90. The molecule has 1 amide bonds. The third-order valence-electron chi connectivity index (χ3n) is 4.90. The Bertz CT molecular complexity index is 848. The molecular weight excluding hydrogens is 362 g/mol. The van der Waals surface area contributed by atoms with Crippen molar-refractivity contribution in [1.82, 2.24) is 4.90 Å². The zero-order valence-corrected chi connectivity index (χ0v) is 16.2. The molecule has 1 N–H and O–H groups in total. The third kappa shape index (κ3) is 4.73. The topological polar surface area (TPSA) is 64.3 Å². The Morgan fingerprint density at radius 3 is 2.07 bits per heavy atom. The van der Waals surface area contributed by atoms with Crippen molar-refractivity contribution in [3.05, 3.63) is 70.8 Å². The molecule has 0 saturated heterocycles. The van der Waals surface area contributed by atoms with Crippen molar-refractivity contribution in [3.8, 4) is 6.07 Å². The second-order valence-corrected chi connectivity index (χ2v) is 7.01. The molecule has 1 unspecified atom stereocenters. The van der Waals surface area contributed by atoms with Crippen LogP contribution in [0, 0.1) is 11.3 Å². The smallest absolute Gasteiger partial charge is 0.277 e. The Kier molecular flexibility index (Phi) is 6.52. The van der Waals surface area contributed by atoms with E-state index in [2.05, 4.69) is 6.07 Å². The van der Waals surface area contributed by atoms with Crippen molar-refractivity contribution in [2.24, 2.45) is 0 Å². The molecule has 0 radical (unpaired) electrons. The Morgan fingerprint density at radius 2 is 1.61 bits per heavy atom. The molecule has 2 aromatic carbocycles. The number of carbonyl (C=O) groups is 1. The highest BCUT2D eigenvalue weighted by atomic mass is 19.3. The maximum absolute atomic E-state index is 13.6. The predicted octanol–water partition coefficient (Wildman–Crippen LogP) is 4.28. The molecule has 28 heavy (non-hydrogen) atoms. The summed E-state index contributed by atoms with van der Waals surface area (Å²) in [4.78, 5) is 14.4. The van der Waals surface area contributed by atoms with Gasteiger partial charge in [0.05, 0.1) is 12.5 Å². The minimum absolute atomic E-state index is 0.0488. The van der Waals surface area contributed by atoms with Crippen molar-refractivity contribution in [1.29, 1.82) is 5.26 Å². The normalized spacial score (nSPS) is 13.5. The van der Waals surface area contributed by atoms with E-state index in [0.717, 1.165) is 18.1 Å². The molecular formula is C22H24F2N2O2. The second-order valence-electron chi connectivity index (χ2n) is 7.01. The SMILES string of the molecule is CCN(Cc1ccc(CC#N)cc1)C(=O)c1ccc(C(C)(O)C(C)(F)F)cc1. The molecule has 0 aromatic heterocycles. The summed E-state index contributed by atoms with van der Waals surface area (Å²) in [5.74, 6) is -3.54. The Balaban J connectivity index is 2.15. The number of hydrogen-bond donors (Lipinski definition) is 1. The van der Waals surface area contributed by atoms with Gasteiger partial charge in [-0.05, 0) is 42.7 Å². The number of aliphatic hydroxyl groups is 1. The largest absolute Gasteiger partial charge is 0.379 e. The van der Waals surface area contributed by atoms with E-state index in [1.54, 1.807) is 4.90 Å². The van der Waals surface area contributed by atoms with Gasteiger partial charge in [-0.1, -0.05) is 36.4 Å². The summed E-state index contributed by atoms with van der Waals surface area (Å²) in [6.45, 7) is 4.45. The van der Waals surface area contributed by atoms with Crippen LogP contribution < -0.4 is 0 Å². The lowest BCUT2D eigenvalue weighted by molar-refractivity contribution is -0.165. The average molecular weight is 386 g/mol. The van der Waals surface area contributed by atoms with Crippen LogP contribution in [0.3, 0.4) is 0 Å². The van der Waals surface area contributed by atoms with Gasteiger partial charge in [-0.2, -0.15) is 5.26 Å². The fourth-order valence-corrected chi connectivity index (χ4v) is 2.77. The van der Waals surface area contributed by atoms with Crippen LogP contribution in [0.25, 0.3) is 0 Å². The van der Waals surface area contributed by atoms with E-state index in [1.165, 1.54) is 24.3 Å². The van der Waals surface area contributed by atoms with E-state index in [-0.39, 0.29) is 11.5 Å². The first-order chi connectivity index (χ1) is 13.1. The molecule has 1 atom stereocenters. The molecule has 0 saturated carbocycles. The van der Waals surface area contributed by atoms with Gasteiger partial charge in [-0.25, -0.2) is 8.78 Å². The molecule has 2 aromatic rings. The average Bonchev–Trinajstić information content (AvgIpc) is 2.66. The summed E-state index contributed by atoms with van der Waals surface area (Å²) in [6, 6.07) is 15.2. The molecule has 0 heterocycles. The first-order valence-electron chi connectivity index (χ1n) is 9.05. The summed E-state index contributed by atoms with van der Waals surface area (Å²) in [5, 5.41) is 18.8. The van der Waals surface area contributed by atoms with Crippen molar-refractivity contribution < 1.29 is 18.7 Å². The number of hydrogen-bond acceptors (Lipinski definition) is 3. The van der Waals surface area contributed by atoms with Crippen LogP contribution in [0.1, 0.15) is 47.8 Å². The van der Waals surface area contributed by atoms with Gasteiger partial charge in [0.1, 0.15) is 5.60 Å². The van der Waals surface area contributed by atoms with Gasteiger partial charge < -0.3 is 10.0 Å². The number of nitriles is 1. The minimum atomic E-state index is -3.31. The molecule has 0 aliphatic rings. The molecule has 0 spiro atoms. The first kappa shape index (κ1) is 21.5. The molecule has 4 nitrogen and oxygen atoms in total. The molecule has 148 valence electrons. The van der Waals surface area contributed by atoms with Crippen LogP contribution in [0.4, 0.5) is 8.78 Å². The lowest BCUT2D eigenvalue weighted by Gasteiger charge is -2.30. The summed E-state index contributed by atoms with van der Waals surface area (Å²) in [6.07, 6.45) is 0.337. The van der Waals surface area contributed by atoms with Crippen LogP contribution in [-0.2, 0) is 18.6 Å². The number of nitrogens with zero attached hydrogens (tertiary/aromatic N) is 2. The zero-order chi connectivity index (χ0) is 20.9. The Labute approximate surface area is 164 Å². The Hall–Kier alpha value is -2.78. The van der Waals surface area contributed by atoms with E-state index in [1.807, 2.05) is 31.2 Å². The molecule has 0 fully saturated rings. The van der Waals surface area contributed by atoms with Gasteiger partial charge in [0.25, 0.3) is 11.8 Å².